The van der Waals surface area contributed by atoms with E-state index >= 15 is 0 Å². The van der Waals surface area contributed by atoms with Crippen molar-refractivity contribution < 1.29 is 9.18 Å². The minimum atomic E-state index is -0.286. The molecule has 1 unspecified atom stereocenters. The summed E-state index contributed by atoms with van der Waals surface area (Å²) in [7, 11) is 1.79. The summed E-state index contributed by atoms with van der Waals surface area (Å²) in [6.07, 6.45) is 5.62. The van der Waals surface area contributed by atoms with Crippen LogP contribution < -0.4 is 5.32 Å². The number of thiophene rings is 1. The molecule has 3 heterocycles. The highest BCUT2D eigenvalue weighted by Crippen LogP contribution is 2.41. The van der Waals surface area contributed by atoms with Crippen molar-refractivity contribution in [3.63, 3.8) is 0 Å². The first-order valence-corrected chi connectivity index (χ1v) is 12.3. The predicted octanol–water partition coefficient (Wildman–Crippen LogP) is 5.21. The molecule has 5 aromatic rings. The third-order valence-electron chi connectivity index (χ3n) is 6.58. The van der Waals surface area contributed by atoms with Crippen LogP contribution in [0.4, 0.5) is 15.9 Å². The Hall–Kier alpha value is -3.85. The van der Waals surface area contributed by atoms with Crippen molar-refractivity contribution in [2.75, 3.05) is 12.4 Å². The molecule has 0 saturated carbocycles. The molecule has 0 aliphatic heterocycles. The van der Waals surface area contributed by atoms with Gasteiger partial charge in [0, 0.05) is 35.5 Å². The van der Waals surface area contributed by atoms with E-state index in [0.29, 0.717) is 13.0 Å². The Balaban J connectivity index is 1.23. The zero-order valence-corrected chi connectivity index (χ0v) is 19.9. The van der Waals surface area contributed by atoms with Gasteiger partial charge in [0.1, 0.15) is 22.8 Å². The maximum atomic E-state index is 13.5. The molecule has 176 valence electrons. The number of fused-ring (bicyclic) bond motifs is 4. The van der Waals surface area contributed by atoms with E-state index in [4.69, 9.17) is 0 Å². The standard InChI is InChI=1S/C26H23FN6OS/c1-33(13-15-3-2-4-18(27)9-15)26(34)16-5-7-20-22(11-16)35-25-23(20)24(28-14-29-25)31-19-6-8-21-17(10-19)12-30-32-21/h2-4,6,8-10,12,14,16H,5,7,11,13H2,1H3,(H,30,32)(H,28,29,31). The average Bonchev–Trinajstić information content (AvgIpc) is 3.47. The lowest BCUT2D eigenvalue weighted by atomic mass is 9.87. The van der Waals surface area contributed by atoms with Gasteiger partial charge in [-0.05, 0) is 60.7 Å². The van der Waals surface area contributed by atoms with Gasteiger partial charge < -0.3 is 10.2 Å². The van der Waals surface area contributed by atoms with Gasteiger partial charge in [0.2, 0.25) is 5.91 Å². The third kappa shape index (κ3) is 4.12. The van der Waals surface area contributed by atoms with Crippen LogP contribution in [0.3, 0.4) is 0 Å². The van der Waals surface area contributed by atoms with E-state index in [0.717, 1.165) is 51.0 Å². The van der Waals surface area contributed by atoms with Crippen LogP contribution in [-0.4, -0.2) is 38.0 Å². The molecule has 0 spiro atoms. The third-order valence-corrected chi connectivity index (χ3v) is 7.74. The molecule has 0 fully saturated rings. The number of nitrogens with one attached hydrogen (secondary N) is 2. The molecule has 2 aromatic carbocycles. The topological polar surface area (TPSA) is 86.8 Å². The van der Waals surface area contributed by atoms with Gasteiger partial charge in [-0.25, -0.2) is 14.4 Å². The zero-order chi connectivity index (χ0) is 23.9. The van der Waals surface area contributed by atoms with E-state index in [9.17, 15) is 9.18 Å². The lowest BCUT2D eigenvalue weighted by molar-refractivity contribution is -0.135. The molecule has 2 N–H and O–H groups in total. The maximum Gasteiger partial charge on any atom is 0.226 e. The van der Waals surface area contributed by atoms with Gasteiger partial charge in [-0.3, -0.25) is 9.89 Å². The molecule has 1 amide bonds. The Labute approximate surface area is 205 Å². The van der Waals surface area contributed by atoms with Crippen molar-refractivity contribution in [1.82, 2.24) is 25.1 Å². The maximum absolute atomic E-state index is 13.5. The van der Waals surface area contributed by atoms with Crippen molar-refractivity contribution in [2.24, 2.45) is 5.92 Å². The lowest BCUT2D eigenvalue weighted by Gasteiger charge is -2.27. The first kappa shape index (κ1) is 21.7. The molecule has 9 heteroatoms. The summed E-state index contributed by atoms with van der Waals surface area (Å²) in [4.78, 5) is 26.1. The number of aryl methyl sites for hydroxylation is 1. The number of hydrogen-bond acceptors (Lipinski definition) is 6. The van der Waals surface area contributed by atoms with Crippen LogP contribution in [0.2, 0.25) is 0 Å². The highest BCUT2D eigenvalue weighted by Gasteiger charge is 2.30. The Morgan fingerprint density at radius 3 is 3.06 bits per heavy atom. The normalized spacial score (nSPS) is 15.3. The molecule has 35 heavy (non-hydrogen) atoms. The molecule has 1 atom stereocenters. The zero-order valence-electron chi connectivity index (χ0n) is 19.1. The van der Waals surface area contributed by atoms with Gasteiger partial charge >= 0.3 is 0 Å². The molecule has 1 aliphatic carbocycles. The average molecular weight is 487 g/mol. The molecule has 3 aromatic heterocycles. The van der Waals surface area contributed by atoms with Crippen LogP contribution in [0.5, 0.6) is 0 Å². The molecule has 6 rings (SSSR count). The van der Waals surface area contributed by atoms with E-state index in [1.54, 1.807) is 41.9 Å². The fraction of sp³-hybridized carbons (Fsp3) is 0.231. The second kappa shape index (κ2) is 8.74. The van der Waals surface area contributed by atoms with E-state index in [2.05, 4.69) is 25.5 Å². The number of amides is 1. The van der Waals surface area contributed by atoms with Crippen molar-refractivity contribution in [3.05, 3.63) is 76.8 Å². The van der Waals surface area contributed by atoms with Crippen LogP contribution in [0, 0.1) is 11.7 Å². The number of benzene rings is 2. The van der Waals surface area contributed by atoms with Crippen LogP contribution in [0.1, 0.15) is 22.4 Å². The van der Waals surface area contributed by atoms with Gasteiger partial charge in [0.15, 0.2) is 0 Å². The summed E-state index contributed by atoms with van der Waals surface area (Å²) in [5.41, 5.74) is 3.93. The largest absolute Gasteiger partial charge is 0.341 e. The predicted molar refractivity (Wildman–Crippen MR) is 135 cm³/mol. The van der Waals surface area contributed by atoms with Crippen molar-refractivity contribution in [3.8, 4) is 0 Å². The van der Waals surface area contributed by atoms with E-state index in [-0.39, 0.29) is 17.6 Å². The molecule has 0 saturated heterocycles. The lowest BCUT2D eigenvalue weighted by Crippen LogP contribution is -2.35. The van der Waals surface area contributed by atoms with E-state index in [1.807, 2.05) is 24.3 Å². The fourth-order valence-corrected chi connectivity index (χ4v) is 6.14. The molecule has 0 bridgehead atoms. The Morgan fingerprint density at radius 1 is 1.26 bits per heavy atom. The van der Waals surface area contributed by atoms with Crippen molar-refractivity contribution >= 4 is 49.9 Å². The monoisotopic (exact) mass is 486 g/mol. The van der Waals surface area contributed by atoms with Gasteiger partial charge in [-0.1, -0.05) is 12.1 Å². The van der Waals surface area contributed by atoms with Crippen LogP contribution >= 0.6 is 11.3 Å². The second-order valence-electron chi connectivity index (χ2n) is 8.97. The summed E-state index contributed by atoms with van der Waals surface area (Å²) in [6.45, 7) is 0.396. The van der Waals surface area contributed by atoms with Gasteiger partial charge in [0.05, 0.1) is 17.1 Å². The number of aromatic amines is 1. The van der Waals surface area contributed by atoms with E-state index in [1.165, 1.54) is 22.6 Å². The SMILES string of the molecule is CN(Cc1cccc(F)c1)C(=O)C1CCc2c(sc3ncnc(Nc4ccc5[nH]ncc5c4)c23)C1. The highest BCUT2D eigenvalue weighted by molar-refractivity contribution is 7.19. The fourth-order valence-electron chi connectivity index (χ4n) is 4.87. The molecule has 0 radical (unpaired) electrons. The number of rotatable bonds is 5. The summed E-state index contributed by atoms with van der Waals surface area (Å²) in [5, 5.41) is 12.6. The summed E-state index contributed by atoms with van der Waals surface area (Å²) in [6, 6.07) is 12.4. The second-order valence-corrected chi connectivity index (χ2v) is 10.1. The number of carbonyl (C=O) groups excluding carboxylic acids is 1. The summed E-state index contributed by atoms with van der Waals surface area (Å²) in [5.74, 6) is 0.492. The molecular formula is C26H23FN6OS. The minimum absolute atomic E-state index is 0.0928. The van der Waals surface area contributed by atoms with Crippen LogP contribution in [-0.2, 0) is 24.2 Å². The van der Waals surface area contributed by atoms with E-state index < -0.39 is 0 Å². The van der Waals surface area contributed by atoms with Gasteiger partial charge in [-0.15, -0.1) is 11.3 Å². The minimum Gasteiger partial charge on any atom is -0.341 e. The molecule has 1 aliphatic rings. The Morgan fingerprint density at radius 2 is 2.17 bits per heavy atom. The molecule has 7 nitrogen and oxygen atoms in total. The van der Waals surface area contributed by atoms with Crippen LogP contribution in [0.25, 0.3) is 21.1 Å². The summed E-state index contributed by atoms with van der Waals surface area (Å²) >= 11 is 1.64. The first-order chi connectivity index (χ1) is 17.0. The highest BCUT2D eigenvalue weighted by atomic mass is 32.1. The van der Waals surface area contributed by atoms with Gasteiger partial charge in [0.25, 0.3) is 0 Å². The van der Waals surface area contributed by atoms with Gasteiger partial charge in [-0.2, -0.15) is 5.10 Å². The van der Waals surface area contributed by atoms with Crippen LogP contribution in [0.15, 0.2) is 55.0 Å². The number of hydrogen-bond donors (Lipinski definition) is 2. The summed E-state index contributed by atoms with van der Waals surface area (Å²) < 4.78 is 13.5. The Bertz CT molecular complexity index is 1560. The quantitative estimate of drug-likeness (QED) is 0.356. The number of nitrogens with zero attached hydrogens (tertiary/aromatic N) is 4. The number of carbonyl (C=O) groups is 1. The number of H-pyrrole nitrogens is 1. The van der Waals surface area contributed by atoms with Crippen molar-refractivity contribution in [2.45, 2.75) is 25.8 Å². The molecular weight excluding hydrogens is 463 g/mol. The number of anilines is 2. The first-order valence-electron chi connectivity index (χ1n) is 11.5. The smallest absolute Gasteiger partial charge is 0.226 e. The van der Waals surface area contributed by atoms with Crippen molar-refractivity contribution in [1.29, 1.82) is 0 Å². The number of halogens is 1. The Kier molecular flexibility index (Phi) is 5.41. The number of aromatic nitrogens is 4.